The molecule has 0 aliphatic carbocycles. The number of rotatable bonds is 5. The van der Waals surface area contributed by atoms with E-state index >= 15 is 0 Å². The van der Waals surface area contributed by atoms with E-state index < -0.39 is 16.8 Å². The molecule has 124 valence electrons. The number of nitro benzene ring substituents is 1. The maximum Gasteiger partial charge on any atom is 0.335 e. The Balaban J connectivity index is 2.39. The van der Waals surface area contributed by atoms with Gasteiger partial charge in [-0.3, -0.25) is 14.9 Å². The Morgan fingerprint density at radius 2 is 1.96 bits per heavy atom. The molecular formula is C15H11ClN2O6. The molecule has 0 unspecified atom stereocenters. The summed E-state index contributed by atoms with van der Waals surface area (Å²) in [4.78, 5) is 33.5. The topological polar surface area (TPSA) is 119 Å². The highest BCUT2D eigenvalue weighted by Crippen LogP contribution is 2.28. The van der Waals surface area contributed by atoms with Crippen LogP contribution in [0, 0.1) is 10.1 Å². The maximum atomic E-state index is 12.3. The van der Waals surface area contributed by atoms with Crippen LogP contribution >= 0.6 is 11.6 Å². The second kappa shape index (κ2) is 6.97. The quantitative estimate of drug-likeness (QED) is 0.631. The van der Waals surface area contributed by atoms with Crippen LogP contribution in [0.25, 0.3) is 0 Å². The SMILES string of the molecule is COc1ccc(C(=O)O)cc1NC(=O)c1cc([N+](=O)[O-])ccc1Cl. The van der Waals surface area contributed by atoms with E-state index in [1.165, 1.54) is 37.4 Å². The average molecular weight is 351 g/mol. The minimum atomic E-state index is -1.18. The number of benzene rings is 2. The summed E-state index contributed by atoms with van der Waals surface area (Å²) in [6.07, 6.45) is 0. The Labute approximate surface area is 140 Å². The molecule has 2 rings (SSSR count). The van der Waals surface area contributed by atoms with Crippen molar-refractivity contribution < 1.29 is 24.4 Å². The molecule has 0 heterocycles. The summed E-state index contributed by atoms with van der Waals surface area (Å²) < 4.78 is 5.06. The first-order valence-corrected chi connectivity index (χ1v) is 6.88. The largest absolute Gasteiger partial charge is 0.495 e. The Bertz CT molecular complexity index is 837. The smallest absolute Gasteiger partial charge is 0.335 e. The molecule has 0 aromatic heterocycles. The second-order valence-corrected chi connectivity index (χ2v) is 5.00. The van der Waals surface area contributed by atoms with E-state index in [0.29, 0.717) is 0 Å². The van der Waals surface area contributed by atoms with Crippen molar-refractivity contribution in [2.75, 3.05) is 12.4 Å². The highest BCUT2D eigenvalue weighted by atomic mass is 35.5. The Kier molecular flexibility index (Phi) is 5.00. The molecule has 0 spiro atoms. The average Bonchev–Trinajstić information content (AvgIpc) is 2.54. The van der Waals surface area contributed by atoms with Gasteiger partial charge in [-0.25, -0.2) is 4.79 Å². The van der Waals surface area contributed by atoms with Gasteiger partial charge in [0.1, 0.15) is 5.75 Å². The molecule has 0 bridgehead atoms. The molecule has 0 aliphatic heterocycles. The number of carbonyl (C=O) groups excluding carboxylic acids is 1. The van der Waals surface area contributed by atoms with Crippen LogP contribution < -0.4 is 10.1 Å². The van der Waals surface area contributed by atoms with E-state index in [1.807, 2.05) is 0 Å². The van der Waals surface area contributed by atoms with Crippen molar-refractivity contribution >= 4 is 34.9 Å². The van der Waals surface area contributed by atoms with Gasteiger partial charge in [-0.2, -0.15) is 0 Å². The van der Waals surface area contributed by atoms with E-state index in [1.54, 1.807) is 0 Å². The Hall–Kier alpha value is -3.13. The molecule has 0 fully saturated rings. The summed E-state index contributed by atoms with van der Waals surface area (Å²) in [6.45, 7) is 0. The lowest BCUT2D eigenvalue weighted by atomic mass is 10.1. The van der Waals surface area contributed by atoms with E-state index in [0.717, 1.165) is 6.07 Å². The molecule has 9 heteroatoms. The number of nitrogens with one attached hydrogen (secondary N) is 1. The number of amides is 1. The number of carboxylic acids is 1. The predicted octanol–water partition coefficient (Wildman–Crippen LogP) is 3.21. The summed E-state index contributed by atoms with van der Waals surface area (Å²) in [5.74, 6) is -1.68. The number of nitro groups is 1. The fourth-order valence-corrected chi connectivity index (χ4v) is 2.13. The zero-order chi connectivity index (χ0) is 17.9. The van der Waals surface area contributed by atoms with Crippen LogP contribution in [0.4, 0.5) is 11.4 Å². The third kappa shape index (κ3) is 3.61. The van der Waals surface area contributed by atoms with Gasteiger partial charge in [-0.1, -0.05) is 11.6 Å². The Morgan fingerprint density at radius 3 is 2.54 bits per heavy atom. The molecule has 2 aromatic rings. The molecule has 0 saturated heterocycles. The van der Waals surface area contributed by atoms with Crippen molar-refractivity contribution in [1.29, 1.82) is 0 Å². The number of methoxy groups -OCH3 is 1. The number of aromatic carboxylic acids is 1. The van der Waals surface area contributed by atoms with Gasteiger partial charge in [-0.05, 0) is 24.3 Å². The molecule has 2 aromatic carbocycles. The van der Waals surface area contributed by atoms with Gasteiger partial charge in [0.25, 0.3) is 11.6 Å². The fourth-order valence-electron chi connectivity index (χ4n) is 1.93. The van der Waals surface area contributed by atoms with Crippen molar-refractivity contribution in [3.63, 3.8) is 0 Å². The standard InChI is InChI=1S/C15H11ClN2O6/c1-24-13-5-2-8(15(20)21)6-12(13)17-14(19)10-7-9(18(22)23)3-4-11(10)16/h2-7H,1H3,(H,17,19)(H,20,21). The predicted molar refractivity (Wildman–Crippen MR) is 86.0 cm³/mol. The lowest BCUT2D eigenvalue weighted by molar-refractivity contribution is -0.384. The summed E-state index contributed by atoms with van der Waals surface area (Å²) in [5.41, 5.74) is -0.370. The van der Waals surface area contributed by atoms with Crippen LogP contribution in [0.2, 0.25) is 5.02 Å². The first kappa shape index (κ1) is 17.2. The van der Waals surface area contributed by atoms with Crippen LogP contribution in [-0.2, 0) is 0 Å². The molecule has 0 aliphatic rings. The van der Waals surface area contributed by atoms with E-state index in [4.69, 9.17) is 21.4 Å². The zero-order valence-electron chi connectivity index (χ0n) is 12.3. The lowest BCUT2D eigenvalue weighted by Gasteiger charge is -2.11. The van der Waals surface area contributed by atoms with E-state index in [9.17, 15) is 19.7 Å². The van der Waals surface area contributed by atoms with Crippen LogP contribution in [0.15, 0.2) is 36.4 Å². The van der Waals surface area contributed by atoms with Crippen LogP contribution in [0.1, 0.15) is 20.7 Å². The molecule has 8 nitrogen and oxygen atoms in total. The zero-order valence-corrected chi connectivity index (χ0v) is 13.0. The summed E-state index contributed by atoms with van der Waals surface area (Å²) in [6, 6.07) is 7.35. The first-order valence-electron chi connectivity index (χ1n) is 6.50. The highest BCUT2D eigenvalue weighted by Gasteiger charge is 2.18. The second-order valence-electron chi connectivity index (χ2n) is 4.60. The van der Waals surface area contributed by atoms with Gasteiger partial charge < -0.3 is 15.2 Å². The fraction of sp³-hybridized carbons (Fsp3) is 0.0667. The number of non-ortho nitro benzene ring substituents is 1. The van der Waals surface area contributed by atoms with Crippen LogP contribution in [-0.4, -0.2) is 29.0 Å². The molecular weight excluding hydrogens is 340 g/mol. The molecule has 1 amide bonds. The minimum absolute atomic E-state index is 0.0199. The molecule has 0 saturated carbocycles. The summed E-state index contributed by atoms with van der Waals surface area (Å²) in [5, 5.41) is 22.3. The first-order chi connectivity index (χ1) is 11.3. The molecule has 24 heavy (non-hydrogen) atoms. The van der Waals surface area contributed by atoms with Gasteiger partial charge in [0.05, 0.1) is 33.9 Å². The molecule has 0 radical (unpaired) electrons. The normalized spacial score (nSPS) is 10.1. The summed E-state index contributed by atoms with van der Waals surface area (Å²) in [7, 11) is 1.35. The van der Waals surface area contributed by atoms with Gasteiger partial charge >= 0.3 is 5.97 Å². The van der Waals surface area contributed by atoms with Crippen LogP contribution in [0.5, 0.6) is 5.75 Å². The Morgan fingerprint density at radius 1 is 1.25 bits per heavy atom. The van der Waals surface area contributed by atoms with Crippen molar-refractivity contribution in [2.45, 2.75) is 0 Å². The van der Waals surface area contributed by atoms with Crippen molar-refractivity contribution in [3.05, 3.63) is 62.7 Å². The minimum Gasteiger partial charge on any atom is -0.495 e. The number of hydrogen-bond acceptors (Lipinski definition) is 5. The van der Waals surface area contributed by atoms with E-state index in [-0.39, 0.29) is 33.3 Å². The monoisotopic (exact) mass is 350 g/mol. The summed E-state index contributed by atoms with van der Waals surface area (Å²) >= 11 is 5.91. The number of carboxylic acid groups (broad SMARTS) is 1. The highest BCUT2D eigenvalue weighted by molar-refractivity contribution is 6.34. The van der Waals surface area contributed by atoms with Crippen molar-refractivity contribution in [3.8, 4) is 5.75 Å². The van der Waals surface area contributed by atoms with Gasteiger partial charge in [0, 0.05) is 12.1 Å². The van der Waals surface area contributed by atoms with Gasteiger partial charge in [0.2, 0.25) is 0 Å². The number of nitrogens with zero attached hydrogens (tertiary/aromatic N) is 1. The van der Waals surface area contributed by atoms with Gasteiger partial charge in [-0.15, -0.1) is 0 Å². The van der Waals surface area contributed by atoms with Crippen molar-refractivity contribution in [1.82, 2.24) is 0 Å². The van der Waals surface area contributed by atoms with Crippen molar-refractivity contribution in [2.24, 2.45) is 0 Å². The lowest BCUT2D eigenvalue weighted by Crippen LogP contribution is -2.14. The third-order valence-electron chi connectivity index (χ3n) is 3.10. The van der Waals surface area contributed by atoms with Gasteiger partial charge in [0.15, 0.2) is 0 Å². The maximum absolute atomic E-state index is 12.3. The number of hydrogen-bond donors (Lipinski definition) is 2. The molecule has 2 N–H and O–H groups in total. The number of ether oxygens (including phenoxy) is 1. The van der Waals surface area contributed by atoms with E-state index in [2.05, 4.69) is 5.32 Å². The van der Waals surface area contributed by atoms with Crippen LogP contribution in [0.3, 0.4) is 0 Å². The molecule has 0 atom stereocenters. The number of carbonyl (C=O) groups is 2. The number of halogens is 1. The third-order valence-corrected chi connectivity index (χ3v) is 3.43. The number of anilines is 1.